The Bertz CT molecular complexity index is 418. The molecule has 1 aromatic rings. The first-order valence-corrected chi connectivity index (χ1v) is 5.49. The van der Waals surface area contributed by atoms with Gasteiger partial charge in [0.1, 0.15) is 10.9 Å². The summed E-state index contributed by atoms with van der Waals surface area (Å²) in [5, 5.41) is 15.3. The zero-order valence-electron chi connectivity index (χ0n) is 8.23. The number of nitrogens with zero attached hydrogens (tertiary/aromatic N) is 3. The summed E-state index contributed by atoms with van der Waals surface area (Å²) >= 11 is 1.06. The van der Waals surface area contributed by atoms with E-state index >= 15 is 0 Å². The smallest absolute Gasteiger partial charge is 0.265 e. The van der Waals surface area contributed by atoms with Gasteiger partial charge in [-0.3, -0.25) is 4.79 Å². The summed E-state index contributed by atoms with van der Waals surface area (Å²) in [5.41, 5.74) is 0.616. The quantitative estimate of drug-likeness (QED) is 0.823. The molecule has 5 nitrogen and oxygen atoms in total. The summed E-state index contributed by atoms with van der Waals surface area (Å²) in [5.74, 6) is 0.0982. The van der Waals surface area contributed by atoms with E-state index < -0.39 is 0 Å². The van der Waals surface area contributed by atoms with Crippen molar-refractivity contribution in [1.29, 1.82) is 5.26 Å². The van der Waals surface area contributed by atoms with Crippen LogP contribution in [-0.4, -0.2) is 21.5 Å². The molecule has 1 aromatic heterocycles. The van der Waals surface area contributed by atoms with E-state index in [4.69, 9.17) is 5.26 Å². The molecule has 2 rings (SSSR count). The van der Waals surface area contributed by atoms with E-state index in [-0.39, 0.29) is 11.9 Å². The van der Waals surface area contributed by atoms with Crippen molar-refractivity contribution in [3.05, 3.63) is 10.6 Å². The van der Waals surface area contributed by atoms with Crippen LogP contribution in [0.1, 0.15) is 28.2 Å². The Labute approximate surface area is 91.3 Å². The molecule has 0 radical (unpaired) electrons. The molecule has 1 unspecified atom stereocenters. The van der Waals surface area contributed by atoms with Crippen molar-refractivity contribution < 1.29 is 4.79 Å². The molecule has 1 fully saturated rings. The van der Waals surface area contributed by atoms with Crippen LogP contribution in [-0.2, 0) is 0 Å². The maximum absolute atomic E-state index is 11.7. The Kier molecular flexibility index (Phi) is 2.64. The second-order valence-corrected chi connectivity index (χ2v) is 4.36. The molecular weight excluding hydrogens is 212 g/mol. The van der Waals surface area contributed by atoms with Gasteiger partial charge in [0.25, 0.3) is 5.91 Å². The minimum atomic E-state index is -0.362. The van der Waals surface area contributed by atoms with E-state index in [9.17, 15) is 4.79 Å². The van der Waals surface area contributed by atoms with Crippen LogP contribution >= 0.6 is 11.5 Å². The van der Waals surface area contributed by atoms with E-state index in [1.165, 1.54) is 0 Å². The molecule has 1 N–H and O–H groups in total. The largest absolute Gasteiger partial charge is 0.335 e. The predicted octanol–water partition coefficient (Wildman–Crippen LogP) is 0.878. The number of hydrogen-bond acceptors (Lipinski definition) is 5. The Morgan fingerprint density at radius 2 is 2.47 bits per heavy atom. The fourth-order valence-electron chi connectivity index (χ4n) is 1.33. The van der Waals surface area contributed by atoms with Crippen molar-refractivity contribution >= 4 is 17.4 Å². The summed E-state index contributed by atoms with van der Waals surface area (Å²) in [6.07, 6.45) is 2.05. The van der Waals surface area contributed by atoms with Gasteiger partial charge in [-0.1, -0.05) is 4.49 Å². The standard InChI is InChI=1S/C9H10N4OS/c1-5-8(15-13-12-5)9(14)11-7(4-10)6-2-3-6/h6-7H,2-3H2,1H3,(H,11,14). The molecule has 1 heterocycles. The first-order chi connectivity index (χ1) is 7.22. The highest BCUT2D eigenvalue weighted by Crippen LogP contribution is 2.32. The lowest BCUT2D eigenvalue weighted by molar-refractivity contribution is 0.0945. The van der Waals surface area contributed by atoms with Crippen LogP contribution in [0, 0.1) is 24.2 Å². The van der Waals surface area contributed by atoms with Crippen molar-refractivity contribution in [3.63, 3.8) is 0 Å². The molecule has 1 aliphatic rings. The normalized spacial score (nSPS) is 16.8. The third-order valence-corrected chi connectivity index (χ3v) is 3.20. The van der Waals surface area contributed by atoms with Crippen molar-refractivity contribution in [2.45, 2.75) is 25.8 Å². The van der Waals surface area contributed by atoms with Gasteiger partial charge >= 0.3 is 0 Å². The summed E-state index contributed by atoms with van der Waals surface area (Å²) in [7, 11) is 0. The number of nitriles is 1. The first kappa shape index (κ1) is 10.1. The van der Waals surface area contributed by atoms with Crippen molar-refractivity contribution in [2.24, 2.45) is 5.92 Å². The minimum Gasteiger partial charge on any atom is -0.335 e. The molecule has 0 aliphatic heterocycles. The third kappa shape index (κ3) is 2.13. The van der Waals surface area contributed by atoms with Crippen molar-refractivity contribution in [2.75, 3.05) is 0 Å². The molecule has 0 spiro atoms. The molecular formula is C9H10N4OS. The molecule has 6 heteroatoms. The highest BCUT2D eigenvalue weighted by molar-refractivity contribution is 7.08. The van der Waals surface area contributed by atoms with Gasteiger partial charge in [-0.05, 0) is 37.2 Å². The number of carbonyl (C=O) groups is 1. The van der Waals surface area contributed by atoms with Gasteiger partial charge in [0, 0.05) is 0 Å². The lowest BCUT2D eigenvalue weighted by Gasteiger charge is -2.08. The van der Waals surface area contributed by atoms with Gasteiger partial charge in [-0.25, -0.2) is 0 Å². The maximum atomic E-state index is 11.7. The van der Waals surface area contributed by atoms with Gasteiger partial charge < -0.3 is 5.32 Å². The van der Waals surface area contributed by atoms with E-state index in [2.05, 4.69) is 21.0 Å². The lowest BCUT2D eigenvalue weighted by Crippen LogP contribution is -2.35. The van der Waals surface area contributed by atoms with Crippen LogP contribution in [0.15, 0.2) is 0 Å². The average Bonchev–Trinajstić information content (AvgIpc) is 2.97. The molecule has 0 bridgehead atoms. The van der Waals surface area contributed by atoms with Crippen LogP contribution in [0.4, 0.5) is 0 Å². The molecule has 15 heavy (non-hydrogen) atoms. The molecule has 1 amide bonds. The van der Waals surface area contributed by atoms with Gasteiger partial charge in [0.15, 0.2) is 0 Å². The highest BCUT2D eigenvalue weighted by Gasteiger charge is 2.33. The summed E-state index contributed by atoms with van der Waals surface area (Å²) < 4.78 is 3.68. The number of hydrogen-bond donors (Lipinski definition) is 1. The summed E-state index contributed by atoms with van der Waals surface area (Å²) in [4.78, 5) is 12.2. The third-order valence-electron chi connectivity index (χ3n) is 2.38. The summed E-state index contributed by atoms with van der Waals surface area (Å²) in [6.45, 7) is 1.73. The number of aromatic nitrogens is 2. The zero-order valence-corrected chi connectivity index (χ0v) is 9.04. The SMILES string of the molecule is Cc1nnsc1C(=O)NC(C#N)C1CC1. The Hall–Kier alpha value is -1.48. The van der Waals surface area contributed by atoms with Gasteiger partial charge in [-0.15, -0.1) is 5.10 Å². The van der Waals surface area contributed by atoms with Crippen LogP contribution in [0.25, 0.3) is 0 Å². The lowest BCUT2D eigenvalue weighted by atomic mass is 10.2. The fourth-order valence-corrected chi connectivity index (χ4v) is 1.89. The molecule has 78 valence electrons. The number of aryl methyl sites for hydroxylation is 1. The number of rotatable bonds is 3. The van der Waals surface area contributed by atoms with Gasteiger partial charge in [0.2, 0.25) is 0 Å². The fraction of sp³-hybridized carbons (Fsp3) is 0.556. The number of amides is 1. The minimum absolute atomic E-state index is 0.235. The Morgan fingerprint density at radius 1 is 1.73 bits per heavy atom. The Balaban J connectivity index is 2.03. The molecule has 0 saturated heterocycles. The van der Waals surface area contributed by atoms with E-state index in [0.717, 1.165) is 24.4 Å². The average molecular weight is 222 g/mol. The van der Waals surface area contributed by atoms with Crippen LogP contribution < -0.4 is 5.32 Å². The van der Waals surface area contributed by atoms with Crippen LogP contribution in [0.3, 0.4) is 0 Å². The Morgan fingerprint density at radius 3 is 2.93 bits per heavy atom. The predicted molar refractivity (Wildman–Crippen MR) is 54.2 cm³/mol. The number of nitrogens with one attached hydrogen (secondary N) is 1. The van der Waals surface area contributed by atoms with E-state index in [1.807, 2.05) is 0 Å². The highest BCUT2D eigenvalue weighted by atomic mass is 32.1. The number of carbonyl (C=O) groups excluding carboxylic acids is 1. The maximum Gasteiger partial charge on any atom is 0.265 e. The van der Waals surface area contributed by atoms with E-state index in [0.29, 0.717) is 16.5 Å². The van der Waals surface area contributed by atoms with Crippen LogP contribution in [0.2, 0.25) is 0 Å². The zero-order chi connectivity index (χ0) is 10.8. The van der Waals surface area contributed by atoms with Crippen LogP contribution in [0.5, 0.6) is 0 Å². The van der Waals surface area contributed by atoms with Gasteiger partial charge in [0.05, 0.1) is 11.8 Å². The second kappa shape index (κ2) is 3.95. The summed E-state index contributed by atoms with van der Waals surface area (Å²) in [6, 6.07) is 1.75. The molecule has 1 aliphatic carbocycles. The van der Waals surface area contributed by atoms with Gasteiger partial charge in [-0.2, -0.15) is 5.26 Å². The first-order valence-electron chi connectivity index (χ1n) is 4.72. The van der Waals surface area contributed by atoms with Crippen molar-refractivity contribution in [3.8, 4) is 6.07 Å². The topological polar surface area (TPSA) is 78.7 Å². The monoisotopic (exact) mass is 222 g/mol. The molecule has 1 saturated carbocycles. The molecule has 1 atom stereocenters. The van der Waals surface area contributed by atoms with Crippen molar-refractivity contribution in [1.82, 2.24) is 14.9 Å². The van der Waals surface area contributed by atoms with E-state index in [1.54, 1.807) is 6.92 Å². The second-order valence-electron chi connectivity index (χ2n) is 3.61. The molecule has 0 aromatic carbocycles.